The summed E-state index contributed by atoms with van der Waals surface area (Å²) >= 11 is 8.10. The van der Waals surface area contributed by atoms with Gasteiger partial charge in [0.15, 0.2) is 0 Å². The largest absolute Gasteiger partial charge is 0.316 e. The summed E-state index contributed by atoms with van der Waals surface area (Å²) in [6.07, 6.45) is 3.38. The summed E-state index contributed by atoms with van der Waals surface area (Å²) in [5.41, 5.74) is 1.33. The highest BCUT2D eigenvalue weighted by Crippen LogP contribution is 2.27. The monoisotopic (exact) mass is 321 g/mol. The second-order valence-corrected chi connectivity index (χ2v) is 7.07. The van der Waals surface area contributed by atoms with E-state index in [2.05, 4.69) is 49.5 Å². The number of hydrogen-bond acceptors (Lipinski definition) is 2. The molecule has 2 aromatic rings. The van der Waals surface area contributed by atoms with E-state index in [1.54, 1.807) is 0 Å². The molecule has 1 unspecified atom stereocenters. The van der Waals surface area contributed by atoms with Gasteiger partial charge in [0.1, 0.15) is 0 Å². The lowest BCUT2D eigenvalue weighted by Crippen LogP contribution is -2.23. The number of thiophene rings is 1. The quantitative estimate of drug-likeness (QED) is 0.651. The molecule has 0 bridgehead atoms. The van der Waals surface area contributed by atoms with Crippen molar-refractivity contribution < 1.29 is 0 Å². The van der Waals surface area contributed by atoms with Gasteiger partial charge in [-0.3, -0.25) is 0 Å². The first-order valence-electron chi connectivity index (χ1n) is 7.76. The number of rotatable bonds is 8. The van der Waals surface area contributed by atoms with Crippen LogP contribution in [-0.4, -0.2) is 13.1 Å². The first-order valence-corrected chi connectivity index (χ1v) is 8.96. The molecule has 1 aromatic heterocycles. The van der Waals surface area contributed by atoms with E-state index in [9.17, 15) is 0 Å². The van der Waals surface area contributed by atoms with Gasteiger partial charge in [0, 0.05) is 27.2 Å². The normalized spacial score (nSPS) is 12.5. The van der Waals surface area contributed by atoms with Crippen LogP contribution >= 0.6 is 22.9 Å². The number of nitrogens with one attached hydrogen (secondary N) is 1. The summed E-state index contributed by atoms with van der Waals surface area (Å²) in [5, 5.41) is 4.38. The molecule has 1 heterocycles. The molecule has 0 saturated heterocycles. The number of aryl methyl sites for hydroxylation is 1. The fraction of sp³-hybridized carbons (Fsp3) is 0.444. The molecular weight excluding hydrogens is 298 g/mol. The van der Waals surface area contributed by atoms with Crippen LogP contribution in [0.1, 0.15) is 41.5 Å². The zero-order valence-electron chi connectivity index (χ0n) is 12.9. The van der Waals surface area contributed by atoms with Gasteiger partial charge in [-0.2, -0.15) is 0 Å². The third kappa shape index (κ3) is 5.14. The standard InChI is InChI=1S/C18H24ClNS/c1-3-10-20-13-15(14-6-5-7-16(19)11-14)12-18-9-8-17(4-2)21-18/h5-9,11,15,20H,3-4,10,12-13H2,1-2H3. The SMILES string of the molecule is CCCNCC(Cc1ccc(CC)s1)c1cccc(Cl)c1. The van der Waals surface area contributed by atoms with Gasteiger partial charge in [-0.05, 0) is 55.6 Å². The van der Waals surface area contributed by atoms with Crippen molar-refractivity contribution in [3.8, 4) is 0 Å². The van der Waals surface area contributed by atoms with Crippen molar-refractivity contribution in [1.29, 1.82) is 0 Å². The van der Waals surface area contributed by atoms with E-state index in [0.29, 0.717) is 5.92 Å². The van der Waals surface area contributed by atoms with Crippen LogP contribution in [0.4, 0.5) is 0 Å². The lowest BCUT2D eigenvalue weighted by Gasteiger charge is -2.18. The van der Waals surface area contributed by atoms with E-state index in [1.807, 2.05) is 17.4 Å². The van der Waals surface area contributed by atoms with E-state index in [4.69, 9.17) is 11.6 Å². The van der Waals surface area contributed by atoms with Crippen molar-refractivity contribution in [3.05, 3.63) is 56.7 Å². The van der Waals surface area contributed by atoms with Crippen LogP contribution in [0.15, 0.2) is 36.4 Å². The highest BCUT2D eigenvalue weighted by atomic mass is 35.5. The molecule has 0 aliphatic heterocycles. The van der Waals surface area contributed by atoms with Gasteiger partial charge in [0.25, 0.3) is 0 Å². The maximum atomic E-state index is 6.16. The number of halogens is 1. The summed E-state index contributed by atoms with van der Waals surface area (Å²) in [6.45, 7) is 6.50. The lowest BCUT2D eigenvalue weighted by atomic mass is 9.95. The summed E-state index contributed by atoms with van der Waals surface area (Å²) in [4.78, 5) is 2.94. The topological polar surface area (TPSA) is 12.0 Å². The Labute approximate surface area is 137 Å². The second-order valence-electron chi connectivity index (χ2n) is 5.38. The average Bonchev–Trinajstić information content (AvgIpc) is 2.94. The molecule has 0 aliphatic carbocycles. The van der Waals surface area contributed by atoms with Gasteiger partial charge in [-0.25, -0.2) is 0 Å². The third-order valence-corrected chi connectivity index (χ3v) is 5.14. The van der Waals surface area contributed by atoms with Crippen LogP contribution in [0.25, 0.3) is 0 Å². The molecule has 21 heavy (non-hydrogen) atoms. The van der Waals surface area contributed by atoms with Crippen molar-refractivity contribution in [2.24, 2.45) is 0 Å². The van der Waals surface area contributed by atoms with Gasteiger partial charge in [-0.15, -0.1) is 11.3 Å². The predicted molar refractivity (Wildman–Crippen MR) is 94.8 cm³/mol. The Bertz CT molecular complexity index is 550. The Hall–Kier alpha value is -0.830. The zero-order chi connectivity index (χ0) is 15.1. The Morgan fingerprint density at radius 1 is 1.14 bits per heavy atom. The minimum atomic E-state index is 0.485. The highest BCUT2D eigenvalue weighted by molar-refractivity contribution is 7.11. The van der Waals surface area contributed by atoms with E-state index in [1.165, 1.54) is 21.7 Å². The van der Waals surface area contributed by atoms with Crippen LogP contribution in [0.2, 0.25) is 5.02 Å². The molecule has 0 amide bonds. The lowest BCUT2D eigenvalue weighted by molar-refractivity contribution is 0.579. The summed E-state index contributed by atoms with van der Waals surface area (Å²) in [5.74, 6) is 0.485. The molecule has 0 spiro atoms. The highest BCUT2D eigenvalue weighted by Gasteiger charge is 2.14. The van der Waals surface area contributed by atoms with Crippen molar-refractivity contribution >= 4 is 22.9 Å². The molecule has 0 saturated carbocycles. The number of hydrogen-bond donors (Lipinski definition) is 1. The number of benzene rings is 1. The van der Waals surface area contributed by atoms with Crippen LogP contribution in [0, 0.1) is 0 Å². The molecule has 1 N–H and O–H groups in total. The minimum Gasteiger partial charge on any atom is -0.316 e. The van der Waals surface area contributed by atoms with Crippen LogP contribution in [-0.2, 0) is 12.8 Å². The first kappa shape index (κ1) is 16.5. The van der Waals surface area contributed by atoms with E-state index in [-0.39, 0.29) is 0 Å². The van der Waals surface area contributed by atoms with Crippen molar-refractivity contribution in [1.82, 2.24) is 5.32 Å². The Kier molecular flexibility index (Phi) is 6.75. The van der Waals surface area contributed by atoms with E-state index in [0.717, 1.165) is 31.0 Å². The molecule has 1 atom stereocenters. The maximum Gasteiger partial charge on any atom is 0.0408 e. The smallest absolute Gasteiger partial charge is 0.0408 e. The van der Waals surface area contributed by atoms with Crippen LogP contribution in [0.3, 0.4) is 0 Å². The van der Waals surface area contributed by atoms with Gasteiger partial charge in [0.05, 0.1) is 0 Å². The molecule has 0 radical (unpaired) electrons. The summed E-state index contributed by atoms with van der Waals surface area (Å²) in [6, 6.07) is 12.8. The predicted octanol–water partition coefficient (Wildman–Crippen LogP) is 5.29. The Balaban J connectivity index is 2.11. The van der Waals surface area contributed by atoms with Crippen LogP contribution in [0.5, 0.6) is 0 Å². The maximum absolute atomic E-state index is 6.16. The first-order chi connectivity index (χ1) is 10.2. The summed E-state index contributed by atoms with van der Waals surface area (Å²) < 4.78 is 0. The molecule has 1 aromatic carbocycles. The zero-order valence-corrected chi connectivity index (χ0v) is 14.4. The van der Waals surface area contributed by atoms with Crippen molar-refractivity contribution in [2.75, 3.05) is 13.1 Å². The molecule has 0 fully saturated rings. The van der Waals surface area contributed by atoms with E-state index >= 15 is 0 Å². The van der Waals surface area contributed by atoms with Gasteiger partial charge in [0.2, 0.25) is 0 Å². The fourth-order valence-corrected chi connectivity index (χ4v) is 3.72. The molecular formula is C18H24ClNS. The third-order valence-electron chi connectivity index (χ3n) is 3.65. The fourth-order valence-electron chi connectivity index (χ4n) is 2.49. The Morgan fingerprint density at radius 3 is 2.62 bits per heavy atom. The van der Waals surface area contributed by atoms with Crippen molar-refractivity contribution in [3.63, 3.8) is 0 Å². The molecule has 2 rings (SSSR count). The Morgan fingerprint density at radius 2 is 1.95 bits per heavy atom. The molecule has 0 aliphatic rings. The van der Waals surface area contributed by atoms with Crippen molar-refractivity contribution in [2.45, 2.75) is 39.0 Å². The minimum absolute atomic E-state index is 0.485. The van der Waals surface area contributed by atoms with E-state index < -0.39 is 0 Å². The second kappa shape index (κ2) is 8.57. The molecule has 1 nitrogen and oxygen atoms in total. The van der Waals surface area contributed by atoms with Gasteiger partial charge >= 0.3 is 0 Å². The molecule has 114 valence electrons. The average molecular weight is 322 g/mol. The van der Waals surface area contributed by atoms with Crippen LogP contribution < -0.4 is 5.32 Å². The molecule has 3 heteroatoms. The van der Waals surface area contributed by atoms with Gasteiger partial charge in [-0.1, -0.05) is 37.6 Å². The van der Waals surface area contributed by atoms with Gasteiger partial charge < -0.3 is 5.32 Å². The summed E-state index contributed by atoms with van der Waals surface area (Å²) in [7, 11) is 0.